The molecule has 0 aliphatic rings. The number of nitrogens with zero attached hydrogens (tertiary/aromatic N) is 1. The molecule has 0 unspecified atom stereocenters. The second kappa shape index (κ2) is 6.75. The molecule has 6 heteroatoms. The van der Waals surface area contributed by atoms with E-state index in [0.29, 0.717) is 26.2 Å². The van der Waals surface area contributed by atoms with Crippen molar-refractivity contribution in [2.24, 2.45) is 5.10 Å². The molecule has 1 N–H and O–H groups in total. The van der Waals surface area contributed by atoms with E-state index in [0.717, 1.165) is 0 Å². The molecule has 2 rings (SSSR count). The summed E-state index contributed by atoms with van der Waals surface area (Å²) >= 11 is 17.8. The van der Waals surface area contributed by atoms with E-state index in [1.165, 1.54) is 6.21 Å². The minimum absolute atomic E-state index is 0.369. The van der Waals surface area contributed by atoms with Crippen molar-refractivity contribution >= 4 is 46.9 Å². The van der Waals surface area contributed by atoms with E-state index < -0.39 is 0 Å². The number of carbonyl (C=O) groups is 1. The Morgan fingerprint density at radius 2 is 1.70 bits per heavy atom. The first-order valence-electron chi connectivity index (χ1n) is 5.61. The van der Waals surface area contributed by atoms with Crippen molar-refractivity contribution in [1.29, 1.82) is 0 Å². The van der Waals surface area contributed by atoms with Gasteiger partial charge in [0.25, 0.3) is 5.91 Å². The van der Waals surface area contributed by atoms with E-state index in [1.807, 2.05) is 0 Å². The van der Waals surface area contributed by atoms with Crippen LogP contribution in [0.2, 0.25) is 15.1 Å². The number of carbonyl (C=O) groups excluding carboxylic acids is 1. The van der Waals surface area contributed by atoms with Crippen molar-refractivity contribution in [3.63, 3.8) is 0 Å². The quantitative estimate of drug-likeness (QED) is 0.658. The van der Waals surface area contributed by atoms with E-state index in [2.05, 4.69) is 10.5 Å². The monoisotopic (exact) mass is 326 g/mol. The number of benzene rings is 2. The molecule has 0 heterocycles. The molecule has 0 saturated heterocycles. The zero-order chi connectivity index (χ0) is 14.5. The Bertz CT molecular complexity index is 651. The van der Waals surface area contributed by atoms with E-state index in [4.69, 9.17) is 34.8 Å². The average Bonchev–Trinajstić information content (AvgIpc) is 2.42. The number of halogens is 3. The van der Waals surface area contributed by atoms with E-state index in [1.54, 1.807) is 42.5 Å². The molecule has 0 saturated carbocycles. The molecule has 0 aliphatic carbocycles. The lowest BCUT2D eigenvalue weighted by Gasteiger charge is -2.02. The van der Waals surface area contributed by atoms with Gasteiger partial charge in [0.05, 0.1) is 16.3 Å². The van der Waals surface area contributed by atoms with Gasteiger partial charge < -0.3 is 0 Å². The highest BCUT2D eigenvalue weighted by atomic mass is 35.5. The Balaban J connectivity index is 2.09. The zero-order valence-corrected chi connectivity index (χ0v) is 12.4. The van der Waals surface area contributed by atoms with Crippen LogP contribution in [0.1, 0.15) is 15.9 Å². The highest BCUT2D eigenvalue weighted by molar-refractivity contribution is 6.38. The molecule has 2 aromatic carbocycles. The first-order chi connectivity index (χ1) is 9.58. The van der Waals surface area contributed by atoms with Gasteiger partial charge in [0.1, 0.15) is 0 Å². The van der Waals surface area contributed by atoms with Crippen LogP contribution in [0.15, 0.2) is 47.6 Å². The Hall–Kier alpha value is -1.55. The van der Waals surface area contributed by atoms with Crippen molar-refractivity contribution in [2.45, 2.75) is 0 Å². The first-order valence-corrected chi connectivity index (χ1v) is 6.74. The fourth-order valence-corrected chi connectivity index (χ4v) is 2.17. The predicted molar refractivity (Wildman–Crippen MR) is 83.0 cm³/mol. The second-order valence-corrected chi connectivity index (χ2v) is 5.10. The molecule has 0 aliphatic heterocycles. The van der Waals surface area contributed by atoms with Gasteiger partial charge in [-0.25, -0.2) is 5.43 Å². The largest absolute Gasteiger partial charge is 0.271 e. The Morgan fingerprint density at radius 1 is 1.05 bits per heavy atom. The Morgan fingerprint density at radius 3 is 2.35 bits per heavy atom. The number of hydrogen-bond donors (Lipinski definition) is 1. The van der Waals surface area contributed by atoms with Gasteiger partial charge >= 0.3 is 0 Å². The number of nitrogens with one attached hydrogen (secondary N) is 1. The van der Waals surface area contributed by atoms with E-state index >= 15 is 0 Å². The molecule has 0 bridgehead atoms. The van der Waals surface area contributed by atoms with Crippen LogP contribution >= 0.6 is 34.8 Å². The molecule has 0 spiro atoms. The van der Waals surface area contributed by atoms with Crippen LogP contribution in [0.25, 0.3) is 0 Å². The predicted octanol–water partition coefficient (Wildman–Crippen LogP) is 4.41. The number of hydrazone groups is 1. The van der Waals surface area contributed by atoms with Crippen LogP contribution in [0, 0.1) is 0 Å². The molecule has 0 atom stereocenters. The van der Waals surface area contributed by atoms with Crippen molar-refractivity contribution < 1.29 is 4.79 Å². The number of hydrogen-bond acceptors (Lipinski definition) is 2. The van der Waals surface area contributed by atoms with Crippen molar-refractivity contribution in [3.05, 3.63) is 68.7 Å². The van der Waals surface area contributed by atoms with Crippen molar-refractivity contribution in [3.8, 4) is 0 Å². The van der Waals surface area contributed by atoms with Crippen LogP contribution in [0.5, 0.6) is 0 Å². The third-order valence-electron chi connectivity index (χ3n) is 2.45. The SMILES string of the molecule is O=C(N/N=C/c1c(Cl)cccc1Cl)c1cccc(Cl)c1. The normalized spacial score (nSPS) is 10.8. The molecule has 1 amide bonds. The fraction of sp³-hybridized carbons (Fsp3) is 0. The maximum atomic E-state index is 11.8. The van der Waals surface area contributed by atoms with Crippen molar-refractivity contribution in [1.82, 2.24) is 5.43 Å². The van der Waals surface area contributed by atoms with Gasteiger partial charge in [0.2, 0.25) is 0 Å². The third-order valence-corrected chi connectivity index (χ3v) is 3.34. The molecular formula is C14H9Cl3N2O. The smallest absolute Gasteiger partial charge is 0.267 e. The Kier molecular flexibility index (Phi) is 5.01. The average molecular weight is 328 g/mol. The molecule has 0 radical (unpaired) electrons. The first kappa shape index (κ1) is 14.9. The van der Waals surface area contributed by atoms with Crippen LogP contribution in [-0.4, -0.2) is 12.1 Å². The summed E-state index contributed by atoms with van der Waals surface area (Å²) in [6.45, 7) is 0. The molecule has 2 aromatic rings. The Labute approximate surface area is 131 Å². The summed E-state index contributed by atoms with van der Waals surface area (Å²) in [6, 6.07) is 11.7. The highest BCUT2D eigenvalue weighted by Gasteiger charge is 2.05. The minimum atomic E-state index is -0.369. The van der Waals surface area contributed by atoms with Crippen LogP contribution in [-0.2, 0) is 0 Å². The summed E-state index contributed by atoms with van der Waals surface area (Å²) in [5.74, 6) is -0.369. The lowest BCUT2D eigenvalue weighted by atomic mass is 10.2. The minimum Gasteiger partial charge on any atom is -0.267 e. The van der Waals surface area contributed by atoms with Gasteiger partial charge in [-0.1, -0.05) is 46.9 Å². The third kappa shape index (κ3) is 3.73. The van der Waals surface area contributed by atoms with Crippen LogP contribution in [0.3, 0.4) is 0 Å². The summed E-state index contributed by atoms with van der Waals surface area (Å²) in [5, 5.41) is 5.23. The fourth-order valence-electron chi connectivity index (χ4n) is 1.48. The van der Waals surface area contributed by atoms with E-state index in [9.17, 15) is 4.79 Å². The van der Waals surface area contributed by atoms with Gasteiger partial charge in [-0.05, 0) is 30.3 Å². The summed E-state index contributed by atoms with van der Waals surface area (Å²) < 4.78 is 0. The summed E-state index contributed by atoms with van der Waals surface area (Å²) in [5.41, 5.74) is 3.34. The summed E-state index contributed by atoms with van der Waals surface area (Å²) in [4.78, 5) is 11.8. The maximum Gasteiger partial charge on any atom is 0.271 e. The maximum absolute atomic E-state index is 11.8. The standard InChI is InChI=1S/C14H9Cl3N2O/c15-10-4-1-3-9(7-10)14(20)19-18-8-11-12(16)5-2-6-13(11)17/h1-8H,(H,19,20)/b18-8+. The zero-order valence-electron chi connectivity index (χ0n) is 10.1. The highest BCUT2D eigenvalue weighted by Crippen LogP contribution is 2.22. The summed E-state index contributed by atoms with van der Waals surface area (Å²) in [6.07, 6.45) is 1.40. The second-order valence-electron chi connectivity index (χ2n) is 3.84. The summed E-state index contributed by atoms with van der Waals surface area (Å²) in [7, 11) is 0. The van der Waals surface area contributed by atoms with Gasteiger partial charge in [-0.3, -0.25) is 4.79 Å². The topological polar surface area (TPSA) is 41.5 Å². The van der Waals surface area contributed by atoms with Gasteiger partial charge in [-0.2, -0.15) is 5.10 Å². The molecule has 3 nitrogen and oxygen atoms in total. The molecular weight excluding hydrogens is 319 g/mol. The van der Waals surface area contributed by atoms with Gasteiger partial charge in [-0.15, -0.1) is 0 Å². The van der Waals surface area contributed by atoms with Gasteiger partial charge in [0, 0.05) is 16.1 Å². The molecule has 0 fully saturated rings. The van der Waals surface area contributed by atoms with Gasteiger partial charge in [0.15, 0.2) is 0 Å². The lowest BCUT2D eigenvalue weighted by molar-refractivity contribution is 0.0955. The molecule has 0 aromatic heterocycles. The number of amides is 1. The lowest BCUT2D eigenvalue weighted by Crippen LogP contribution is -2.17. The van der Waals surface area contributed by atoms with Crippen molar-refractivity contribution in [2.75, 3.05) is 0 Å². The molecule has 20 heavy (non-hydrogen) atoms. The van der Waals surface area contributed by atoms with Crippen LogP contribution in [0.4, 0.5) is 0 Å². The molecule has 102 valence electrons. The van der Waals surface area contributed by atoms with E-state index in [-0.39, 0.29) is 5.91 Å². The van der Waals surface area contributed by atoms with Crippen LogP contribution < -0.4 is 5.43 Å². The number of rotatable bonds is 3.